The highest BCUT2D eigenvalue weighted by Crippen LogP contribution is 2.42. The first-order chi connectivity index (χ1) is 11.7. The first kappa shape index (κ1) is 17.6. The lowest BCUT2D eigenvalue weighted by atomic mass is 10.0. The zero-order valence-electron chi connectivity index (χ0n) is 13.3. The Bertz CT molecular complexity index is 863. The molecule has 1 aromatic carbocycles. The number of likely N-dealkylation sites (N-methyl/N-ethyl adjacent to an activating group) is 1. The zero-order chi connectivity index (χ0) is 18.4. The number of para-hydroxylation sites is 1. The highest BCUT2D eigenvalue weighted by molar-refractivity contribution is 7.80. The van der Waals surface area contributed by atoms with Crippen LogP contribution >= 0.6 is 12.2 Å². The summed E-state index contributed by atoms with van der Waals surface area (Å²) >= 11 is 5.35. The van der Waals surface area contributed by atoms with Crippen LogP contribution < -0.4 is 0 Å². The van der Waals surface area contributed by atoms with Crippen LogP contribution in [-0.2, 0) is 11.0 Å². The fourth-order valence-electron chi connectivity index (χ4n) is 2.74. The quantitative estimate of drug-likeness (QED) is 0.832. The number of alkyl halides is 3. The van der Waals surface area contributed by atoms with Gasteiger partial charge in [-0.3, -0.25) is 9.78 Å². The summed E-state index contributed by atoms with van der Waals surface area (Å²) < 4.78 is 40.1. The van der Waals surface area contributed by atoms with E-state index in [2.05, 4.69) is 4.98 Å². The minimum Gasteiger partial charge on any atom is -0.480 e. The SMILES string of the molecule is CN(CC(=O)O)C(=S)c1cc(C2CC2)nc2c(C(F)(F)F)cccc12. The van der Waals surface area contributed by atoms with Crippen molar-refractivity contribution in [3.8, 4) is 0 Å². The topological polar surface area (TPSA) is 53.4 Å². The van der Waals surface area contributed by atoms with Crippen LogP contribution in [0, 0.1) is 0 Å². The maximum atomic E-state index is 13.4. The number of carboxylic acid groups (broad SMARTS) is 1. The normalized spacial score (nSPS) is 14.6. The number of carboxylic acids is 1. The van der Waals surface area contributed by atoms with Gasteiger partial charge in [-0.1, -0.05) is 24.4 Å². The molecule has 1 saturated carbocycles. The van der Waals surface area contributed by atoms with Crippen LogP contribution in [0.3, 0.4) is 0 Å². The number of aromatic nitrogens is 1. The van der Waals surface area contributed by atoms with Gasteiger partial charge >= 0.3 is 12.1 Å². The molecular formula is C17H15F3N2O2S. The zero-order valence-corrected chi connectivity index (χ0v) is 14.1. The molecule has 0 amide bonds. The first-order valence-electron chi connectivity index (χ1n) is 7.66. The maximum Gasteiger partial charge on any atom is 0.418 e. The van der Waals surface area contributed by atoms with Crippen molar-refractivity contribution in [3.63, 3.8) is 0 Å². The Morgan fingerprint density at radius 2 is 2.08 bits per heavy atom. The van der Waals surface area contributed by atoms with E-state index in [4.69, 9.17) is 17.3 Å². The summed E-state index contributed by atoms with van der Waals surface area (Å²) in [7, 11) is 1.51. The maximum absolute atomic E-state index is 13.4. The molecule has 1 N–H and O–H groups in total. The van der Waals surface area contributed by atoms with Crippen LogP contribution in [-0.4, -0.2) is 39.5 Å². The standard InChI is InChI=1S/C17H15F3N2O2S/c1-22(8-14(23)24)16(25)11-7-13(9-5-6-9)21-15-10(11)3-2-4-12(15)17(18,19)20/h2-4,7,9H,5-6,8H2,1H3,(H,23,24). The van der Waals surface area contributed by atoms with E-state index in [1.807, 2.05) is 0 Å². The van der Waals surface area contributed by atoms with Gasteiger partial charge < -0.3 is 10.0 Å². The average molecular weight is 368 g/mol. The molecule has 3 rings (SSSR count). The Morgan fingerprint density at radius 1 is 1.40 bits per heavy atom. The highest BCUT2D eigenvalue weighted by Gasteiger charge is 2.35. The van der Waals surface area contributed by atoms with Crippen molar-refractivity contribution in [1.29, 1.82) is 0 Å². The lowest BCUT2D eigenvalue weighted by Gasteiger charge is -2.20. The second-order valence-corrected chi connectivity index (χ2v) is 6.51. The summed E-state index contributed by atoms with van der Waals surface area (Å²) in [5.41, 5.74) is 0.0416. The van der Waals surface area contributed by atoms with Crippen molar-refractivity contribution >= 4 is 34.1 Å². The number of aliphatic carboxylic acids is 1. The average Bonchev–Trinajstić information content (AvgIpc) is 3.35. The number of nitrogens with zero attached hydrogens (tertiary/aromatic N) is 2. The smallest absolute Gasteiger partial charge is 0.418 e. The highest BCUT2D eigenvalue weighted by atomic mass is 32.1. The minimum atomic E-state index is -4.53. The summed E-state index contributed by atoms with van der Waals surface area (Å²) in [5, 5.41) is 9.21. The van der Waals surface area contributed by atoms with Crippen molar-refractivity contribution in [2.75, 3.05) is 13.6 Å². The second kappa shape index (κ2) is 6.25. The molecule has 2 aromatic rings. The fraction of sp³-hybridized carbons (Fsp3) is 0.353. The molecular weight excluding hydrogens is 353 g/mol. The second-order valence-electron chi connectivity index (χ2n) is 6.12. The van der Waals surface area contributed by atoms with Gasteiger partial charge in [0.25, 0.3) is 0 Å². The van der Waals surface area contributed by atoms with Crippen LogP contribution in [0.1, 0.15) is 35.6 Å². The molecule has 25 heavy (non-hydrogen) atoms. The van der Waals surface area contributed by atoms with Gasteiger partial charge in [0.1, 0.15) is 11.5 Å². The number of hydrogen-bond donors (Lipinski definition) is 1. The number of thiocarbonyl (C=S) groups is 1. The van der Waals surface area contributed by atoms with E-state index in [9.17, 15) is 18.0 Å². The van der Waals surface area contributed by atoms with E-state index in [0.717, 1.165) is 18.9 Å². The van der Waals surface area contributed by atoms with Crippen molar-refractivity contribution < 1.29 is 23.1 Å². The van der Waals surface area contributed by atoms with Crippen molar-refractivity contribution in [1.82, 2.24) is 9.88 Å². The number of benzene rings is 1. The largest absolute Gasteiger partial charge is 0.480 e. The Hall–Kier alpha value is -2.22. The molecule has 1 aliphatic carbocycles. The number of fused-ring (bicyclic) bond motifs is 1. The van der Waals surface area contributed by atoms with Crippen LogP contribution in [0.5, 0.6) is 0 Å². The Kier molecular flexibility index (Phi) is 4.40. The molecule has 0 aliphatic heterocycles. The van der Waals surface area contributed by atoms with Crippen LogP contribution in [0.2, 0.25) is 0 Å². The summed E-state index contributed by atoms with van der Waals surface area (Å²) in [4.78, 5) is 16.7. The predicted molar refractivity (Wildman–Crippen MR) is 90.7 cm³/mol. The Morgan fingerprint density at radius 3 is 2.64 bits per heavy atom. The molecule has 1 aromatic heterocycles. The molecule has 1 fully saturated rings. The van der Waals surface area contributed by atoms with E-state index in [0.29, 0.717) is 11.3 Å². The fourth-order valence-corrected chi connectivity index (χ4v) is 2.98. The van der Waals surface area contributed by atoms with E-state index in [-0.39, 0.29) is 28.4 Å². The van der Waals surface area contributed by atoms with Gasteiger partial charge in [0, 0.05) is 29.6 Å². The summed E-state index contributed by atoms with van der Waals surface area (Å²) in [5.74, 6) is -0.932. The molecule has 1 heterocycles. The molecule has 0 radical (unpaired) electrons. The van der Waals surface area contributed by atoms with Gasteiger partial charge in [-0.15, -0.1) is 0 Å². The van der Waals surface area contributed by atoms with E-state index >= 15 is 0 Å². The lowest BCUT2D eigenvalue weighted by Crippen LogP contribution is -2.31. The molecule has 0 unspecified atom stereocenters. The molecule has 0 saturated heterocycles. The molecule has 1 aliphatic rings. The Labute approximate surface area is 147 Å². The summed E-state index contributed by atoms with van der Waals surface area (Å²) in [6.07, 6.45) is -2.77. The third kappa shape index (κ3) is 3.58. The Balaban J connectivity index is 2.20. The minimum absolute atomic E-state index is 0.136. The van der Waals surface area contributed by atoms with Gasteiger partial charge in [0.2, 0.25) is 0 Å². The molecule has 0 spiro atoms. The van der Waals surface area contributed by atoms with Crippen LogP contribution in [0.4, 0.5) is 13.2 Å². The van der Waals surface area contributed by atoms with Crippen LogP contribution in [0.15, 0.2) is 24.3 Å². The molecule has 8 heteroatoms. The summed E-state index contributed by atoms with van der Waals surface area (Å²) in [6, 6.07) is 5.54. The van der Waals surface area contributed by atoms with E-state index in [1.54, 1.807) is 6.07 Å². The summed E-state index contributed by atoms with van der Waals surface area (Å²) in [6.45, 7) is -0.333. The monoisotopic (exact) mass is 368 g/mol. The number of hydrogen-bond acceptors (Lipinski definition) is 3. The first-order valence-corrected chi connectivity index (χ1v) is 8.07. The number of carbonyl (C=O) groups is 1. The van der Waals surface area contributed by atoms with E-state index < -0.39 is 17.7 Å². The third-order valence-corrected chi connectivity index (χ3v) is 4.64. The number of halogens is 3. The third-order valence-electron chi connectivity index (χ3n) is 4.11. The van der Waals surface area contributed by atoms with E-state index in [1.165, 1.54) is 24.1 Å². The lowest BCUT2D eigenvalue weighted by molar-refractivity contribution is -0.137. The van der Waals surface area contributed by atoms with Gasteiger partial charge in [-0.05, 0) is 25.0 Å². The predicted octanol–water partition coefficient (Wildman–Crippen LogP) is 3.82. The van der Waals surface area contributed by atoms with Gasteiger partial charge in [-0.2, -0.15) is 13.2 Å². The van der Waals surface area contributed by atoms with Crippen molar-refractivity contribution in [2.24, 2.45) is 0 Å². The number of pyridine rings is 1. The van der Waals surface area contributed by atoms with Crippen LogP contribution in [0.25, 0.3) is 10.9 Å². The number of rotatable bonds is 4. The molecule has 132 valence electrons. The molecule has 0 atom stereocenters. The molecule has 0 bridgehead atoms. The van der Waals surface area contributed by atoms with Gasteiger partial charge in [0.15, 0.2) is 0 Å². The molecule has 4 nitrogen and oxygen atoms in total. The van der Waals surface area contributed by atoms with Crippen molar-refractivity contribution in [2.45, 2.75) is 24.9 Å². The van der Waals surface area contributed by atoms with Gasteiger partial charge in [-0.25, -0.2) is 0 Å². The van der Waals surface area contributed by atoms with Gasteiger partial charge in [0.05, 0.1) is 11.1 Å². The van der Waals surface area contributed by atoms with Crippen molar-refractivity contribution in [3.05, 3.63) is 41.1 Å².